The number of amides is 1. The third kappa shape index (κ3) is 5.99. The first-order valence-electron chi connectivity index (χ1n) is 17.2. The van der Waals surface area contributed by atoms with E-state index in [-0.39, 0.29) is 47.0 Å². The third-order valence-electron chi connectivity index (χ3n) is 10.7. The molecule has 8 rings (SSSR count). The van der Waals surface area contributed by atoms with Crippen LogP contribution in [0.4, 0.5) is 10.2 Å². The highest BCUT2D eigenvalue weighted by molar-refractivity contribution is 6.36. The van der Waals surface area contributed by atoms with E-state index in [1.54, 1.807) is 18.3 Å². The van der Waals surface area contributed by atoms with Gasteiger partial charge in [-0.1, -0.05) is 41.9 Å². The van der Waals surface area contributed by atoms with Crippen LogP contribution < -0.4 is 25.8 Å². The van der Waals surface area contributed by atoms with Gasteiger partial charge < -0.3 is 14.5 Å². The molecule has 3 N–H and O–H groups in total. The lowest BCUT2D eigenvalue weighted by Gasteiger charge is -2.31. The predicted octanol–water partition coefficient (Wildman–Crippen LogP) is 4.61. The summed E-state index contributed by atoms with van der Waals surface area (Å²) in [5.74, 6) is -0.0892. The number of pyridine rings is 1. The van der Waals surface area contributed by atoms with Crippen LogP contribution >= 0.6 is 11.6 Å². The Balaban J connectivity index is 1.13. The molecule has 11 nitrogen and oxygen atoms in total. The molecule has 0 spiro atoms. The summed E-state index contributed by atoms with van der Waals surface area (Å²) in [6, 6.07) is 11.4. The maximum atomic E-state index is 16.8. The highest BCUT2D eigenvalue weighted by Crippen LogP contribution is 2.40. The van der Waals surface area contributed by atoms with Crippen LogP contribution in [0.3, 0.4) is 0 Å². The number of halogens is 2. The lowest BCUT2D eigenvalue weighted by molar-refractivity contribution is -0.125. The van der Waals surface area contributed by atoms with Crippen LogP contribution in [-0.4, -0.2) is 94.4 Å². The molecule has 3 atom stereocenters. The lowest BCUT2D eigenvalue weighted by Crippen LogP contribution is -2.43. The molecule has 256 valence electrons. The minimum Gasteiger partial charge on any atom is -0.461 e. The summed E-state index contributed by atoms with van der Waals surface area (Å²) in [6.45, 7) is 5.70. The van der Waals surface area contributed by atoms with Crippen molar-refractivity contribution < 1.29 is 13.9 Å². The molecular weight excluding hydrogens is 645 g/mol. The Morgan fingerprint density at radius 3 is 2.71 bits per heavy atom. The van der Waals surface area contributed by atoms with Gasteiger partial charge in [0.15, 0.2) is 5.82 Å². The average Bonchev–Trinajstić information content (AvgIpc) is 3.91. The second kappa shape index (κ2) is 13.1. The van der Waals surface area contributed by atoms with Gasteiger partial charge >= 0.3 is 6.01 Å². The normalized spacial score (nSPS) is 23.7. The molecule has 1 amide bonds. The smallest absolute Gasteiger partial charge is 0.319 e. The van der Waals surface area contributed by atoms with Gasteiger partial charge in [-0.2, -0.15) is 9.97 Å². The second-order valence-corrected chi connectivity index (χ2v) is 14.1. The molecule has 0 aliphatic carbocycles. The number of aromatic nitrogens is 3. The molecule has 2 unspecified atom stereocenters. The maximum Gasteiger partial charge on any atom is 0.319 e. The van der Waals surface area contributed by atoms with E-state index < -0.39 is 5.82 Å². The Kier molecular flexibility index (Phi) is 8.61. The monoisotopic (exact) mass is 685 g/mol. The number of anilines is 1. The Hall–Kier alpha value is -3.94. The molecule has 2 aromatic carbocycles. The zero-order chi connectivity index (χ0) is 33.7. The number of ether oxygens (including phenoxy) is 1. The van der Waals surface area contributed by atoms with Gasteiger partial charge in [0.05, 0.1) is 23.3 Å². The molecule has 0 saturated carbocycles. The zero-order valence-electron chi connectivity index (χ0n) is 27.8. The van der Waals surface area contributed by atoms with Crippen LogP contribution in [0, 0.1) is 5.82 Å². The number of likely N-dealkylation sites (tertiary alicyclic amines) is 1. The molecular formula is C36H41ClFN9O2. The largest absolute Gasteiger partial charge is 0.461 e. The van der Waals surface area contributed by atoms with Gasteiger partial charge in [-0.15, -0.1) is 0 Å². The zero-order valence-corrected chi connectivity index (χ0v) is 28.5. The van der Waals surface area contributed by atoms with Crippen molar-refractivity contribution in [2.45, 2.75) is 62.9 Å². The van der Waals surface area contributed by atoms with E-state index in [0.717, 1.165) is 56.0 Å². The van der Waals surface area contributed by atoms with Gasteiger partial charge in [0.2, 0.25) is 5.91 Å². The van der Waals surface area contributed by atoms with Crippen molar-refractivity contribution in [1.29, 1.82) is 0 Å². The number of nitrogens with zero attached hydrogens (tertiary/aromatic N) is 6. The number of hydrogen-bond donors (Lipinski definition) is 3. The number of rotatable bonds is 8. The molecule has 4 aliphatic rings. The van der Waals surface area contributed by atoms with Gasteiger partial charge in [0.25, 0.3) is 0 Å². The van der Waals surface area contributed by atoms with E-state index in [1.165, 1.54) is 0 Å². The minimum absolute atomic E-state index is 0.0243. The SMILES string of the molecule is CC1NNC(/C=C/C(=O)N2CC[C@@H](N(C)c3nc(OCC45CCCN4CCC5)nc4c(F)c(-c5cccc6cccc(Cl)c56)ncc34)C2)N1. The third-order valence-corrected chi connectivity index (χ3v) is 11.0. The molecule has 4 saturated heterocycles. The number of hydrazine groups is 1. The van der Waals surface area contributed by atoms with Crippen LogP contribution in [0.5, 0.6) is 6.01 Å². The highest BCUT2D eigenvalue weighted by atomic mass is 35.5. The number of hydrogen-bond acceptors (Lipinski definition) is 10. The first-order valence-corrected chi connectivity index (χ1v) is 17.6. The van der Waals surface area contributed by atoms with Crippen LogP contribution in [-0.2, 0) is 4.79 Å². The number of fused-ring (bicyclic) bond motifs is 3. The Morgan fingerprint density at radius 1 is 1.14 bits per heavy atom. The van der Waals surface area contributed by atoms with Gasteiger partial charge in [0, 0.05) is 54.4 Å². The Labute approximate surface area is 289 Å². The molecule has 2 aromatic heterocycles. The van der Waals surface area contributed by atoms with Gasteiger partial charge in [0.1, 0.15) is 23.6 Å². The van der Waals surface area contributed by atoms with E-state index in [4.69, 9.17) is 26.3 Å². The quantitative estimate of drug-likeness (QED) is 0.228. The van der Waals surface area contributed by atoms with E-state index in [9.17, 15) is 4.79 Å². The number of benzene rings is 2. The summed E-state index contributed by atoms with van der Waals surface area (Å²) in [4.78, 5) is 33.7. The van der Waals surface area contributed by atoms with Crippen molar-refractivity contribution >= 4 is 45.0 Å². The molecule has 4 fully saturated rings. The molecule has 6 heterocycles. The summed E-state index contributed by atoms with van der Waals surface area (Å²) in [7, 11) is 1.93. The number of carbonyl (C=O) groups is 1. The molecule has 0 bridgehead atoms. The fourth-order valence-corrected chi connectivity index (χ4v) is 8.37. The van der Waals surface area contributed by atoms with Crippen molar-refractivity contribution in [3.05, 3.63) is 65.6 Å². The fraction of sp³-hybridized carbons (Fsp3) is 0.444. The topological polar surface area (TPSA) is 111 Å². The number of carbonyl (C=O) groups excluding carboxylic acids is 1. The van der Waals surface area contributed by atoms with Crippen LogP contribution in [0.1, 0.15) is 39.0 Å². The van der Waals surface area contributed by atoms with Crippen molar-refractivity contribution in [2.75, 3.05) is 44.7 Å². The first kappa shape index (κ1) is 32.3. The molecule has 49 heavy (non-hydrogen) atoms. The summed E-state index contributed by atoms with van der Waals surface area (Å²) in [6.07, 6.45) is 10.2. The summed E-state index contributed by atoms with van der Waals surface area (Å²) in [5, 5.41) is 5.91. The van der Waals surface area contributed by atoms with Gasteiger partial charge in [-0.25, -0.2) is 15.2 Å². The number of nitrogens with one attached hydrogen (secondary N) is 3. The lowest BCUT2D eigenvalue weighted by atomic mass is 9.95. The maximum absolute atomic E-state index is 16.8. The van der Waals surface area contributed by atoms with Crippen molar-refractivity contribution in [2.24, 2.45) is 0 Å². The van der Waals surface area contributed by atoms with Crippen molar-refractivity contribution in [3.63, 3.8) is 0 Å². The van der Waals surface area contributed by atoms with E-state index in [0.29, 0.717) is 41.5 Å². The van der Waals surface area contributed by atoms with Crippen LogP contribution in [0.25, 0.3) is 32.9 Å². The highest BCUT2D eigenvalue weighted by Gasteiger charge is 2.45. The Morgan fingerprint density at radius 2 is 1.94 bits per heavy atom. The minimum atomic E-state index is -0.556. The second-order valence-electron chi connectivity index (χ2n) is 13.7. The average molecular weight is 686 g/mol. The summed E-state index contributed by atoms with van der Waals surface area (Å²) in [5.41, 5.74) is 7.05. The number of likely N-dealkylation sites (N-methyl/N-ethyl adjacent to an activating group) is 1. The van der Waals surface area contributed by atoms with Gasteiger partial charge in [-0.3, -0.25) is 20.0 Å². The molecule has 0 radical (unpaired) electrons. The van der Waals surface area contributed by atoms with Crippen LogP contribution in [0.2, 0.25) is 5.02 Å². The van der Waals surface area contributed by atoms with E-state index >= 15 is 4.39 Å². The van der Waals surface area contributed by atoms with E-state index in [1.807, 2.05) is 60.2 Å². The first-order chi connectivity index (χ1) is 23.8. The van der Waals surface area contributed by atoms with Crippen molar-refractivity contribution in [3.8, 4) is 17.3 Å². The fourth-order valence-electron chi connectivity index (χ4n) is 8.08. The summed E-state index contributed by atoms with van der Waals surface area (Å²) < 4.78 is 23.2. The predicted molar refractivity (Wildman–Crippen MR) is 189 cm³/mol. The van der Waals surface area contributed by atoms with Crippen LogP contribution in [0.15, 0.2) is 54.7 Å². The summed E-state index contributed by atoms with van der Waals surface area (Å²) >= 11 is 6.64. The molecule has 4 aromatic rings. The standard InChI is InChI=1S/C36H41ClFN9O2/c1-22-40-28(44-43-22)11-12-29(48)46-18-13-24(20-46)45(2)34-26-19-39-32(25-9-3-7-23-8-4-10-27(37)30(23)25)31(38)33(26)41-35(42-34)49-21-36-14-5-16-47(36)17-6-15-36/h3-4,7-12,19,22,24,28,40,43-44H,5-6,13-18,20-21H2,1-2H3/b12-11+/t22?,24-,28?/m1/s1. The van der Waals surface area contributed by atoms with Crippen molar-refractivity contribution in [1.82, 2.24) is 40.9 Å². The Bertz CT molecular complexity index is 1930. The molecule has 4 aliphatic heterocycles. The van der Waals surface area contributed by atoms with E-state index in [2.05, 4.69) is 26.1 Å². The molecule has 13 heteroatoms. The van der Waals surface area contributed by atoms with Gasteiger partial charge in [-0.05, 0) is 69.6 Å².